The van der Waals surface area contributed by atoms with Gasteiger partial charge in [0.05, 0.1) is 27.1 Å². The molecule has 3 aromatic rings. The van der Waals surface area contributed by atoms with E-state index in [1.54, 1.807) is 17.1 Å². The number of alkyl halides is 2. The Morgan fingerprint density at radius 1 is 1.37 bits per heavy atom. The summed E-state index contributed by atoms with van der Waals surface area (Å²) in [5.74, 6) is 0.248. The predicted molar refractivity (Wildman–Crippen MR) is 99.9 cm³/mol. The summed E-state index contributed by atoms with van der Waals surface area (Å²) in [6, 6.07) is 1.46. The Balaban J connectivity index is 1.75. The first-order chi connectivity index (χ1) is 13.0. The minimum Gasteiger partial charge on any atom is -0.487 e. The van der Waals surface area contributed by atoms with Gasteiger partial charge in [0, 0.05) is 36.2 Å². The van der Waals surface area contributed by atoms with E-state index in [2.05, 4.69) is 10.1 Å². The first-order valence-corrected chi connectivity index (χ1v) is 9.36. The normalized spacial score (nSPS) is 17.7. The van der Waals surface area contributed by atoms with Crippen LogP contribution in [0.5, 0.6) is 5.75 Å². The highest BCUT2D eigenvalue weighted by atomic mass is 35.5. The second-order valence-corrected chi connectivity index (χ2v) is 7.14. The molecule has 1 N–H and O–H groups in total. The van der Waals surface area contributed by atoms with Gasteiger partial charge < -0.3 is 14.5 Å². The van der Waals surface area contributed by atoms with Crippen LogP contribution in [0.1, 0.15) is 25.5 Å². The van der Waals surface area contributed by atoms with Crippen LogP contribution < -0.4 is 4.74 Å². The monoisotopic (exact) mass is 415 g/mol. The summed E-state index contributed by atoms with van der Waals surface area (Å²) >= 11 is 12.4. The molecule has 1 fully saturated rings. The van der Waals surface area contributed by atoms with E-state index in [9.17, 15) is 8.78 Å². The number of nitrogens with one attached hydrogen (secondary N) is 1. The van der Waals surface area contributed by atoms with Crippen molar-refractivity contribution >= 4 is 34.1 Å². The SMILES string of the molecule is FC(F)COc1cc(Cl)c(Cl)c2[nH]cc(-c3cnn(C4CCCCO4)c3)c12. The molecule has 9 heteroatoms. The van der Waals surface area contributed by atoms with Gasteiger partial charge in [-0.25, -0.2) is 13.5 Å². The van der Waals surface area contributed by atoms with Crippen LogP contribution in [0.4, 0.5) is 8.78 Å². The maximum Gasteiger partial charge on any atom is 0.272 e. The summed E-state index contributed by atoms with van der Waals surface area (Å²) in [5, 5.41) is 5.54. The summed E-state index contributed by atoms with van der Waals surface area (Å²) in [5.41, 5.74) is 2.08. The number of halogens is 4. The minimum absolute atomic E-state index is 0.0923. The first kappa shape index (κ1) is 18.5. The van der Waals surface area contributed by atoms with Crippen LogP contribution in [0.15, 0.2) is 24.7 Å². The van der Waals surface area contributed by atoms with Crippen LogP contribution in [0, 0.1) is 0 Å². The van der Waals surface area contributed by atoms with E-state index in [0.29, 0.717) is 22.5 Å². The Morgan fingerprint density at radius 3 is 2.96 bits per heavy atom. The lowest BCUT2D eigenvalue weighted by atomic mass is 10.1. The highest BCUT2D eigenvalue weighted by Gasteiger charge is 2.21. The second kappa shape index (κ2) is 7.66. The van der Waals surface area contributed by atoms with Gasteiger partial charge in [-0.2, -0.15) is 5.10 Å². The van der Waals surface area contributed by atoms with Gasteiger partial charge in [0.2, 0.25) is 0 Å². The number of ether oxygens (including phenoxy) is 2. The fourth-order valence-electron chi connectivity index (χ4n) is 3.28. The third-order valence-corrected chi connectivity index (χ3v) is 5.33. The topological polar surface area (TPSA) is 52.1 Å². The van der Waals surface area contributed by atoms with E-state index < -0.39 is 13.0 Å². The molecule has 0 aliphatic carbocycles. The molecule has 2 aromatic heterocycles. The van der Waals surface area contributed by atoms with Gasteiger partial charge in [0.1, 0.15) is 18.6 Å². The summed E-state index contributed by atoms with van der Waals surface area (Å²) in [6.07, 6.45) is 5.68. The van der Waals surface area contributed by atoms with Gasteiger partial charge in [-0.1, -0.05) is 23.2 Å². The smallest absolute Gasteiger partial charge is 0.272 e. The van der Waals surface area contributed by atoms with E-state index in [0.717, 1.165) is 30.4 Å². The van der Waals surface area contributed by atoms with E-state index in [1.807, 2.05) is 6.20 Å². The number of rotatable bonds is 5. The molecule has 1 aliphatic rings. The number of nitrogens with zero attached hydrogens (tertiary/aromatic N) is 2. The number of H-pyrrole nitrogens is 1. The van der Waals surface area contributed by atoms with Crippen molar-refractivity contribution in [2.75, 3.05) is 13.2 Å². The third kappa shape index (κ3) is 3.63. The fourth-order valence-corrected chi connectivity index (χ4v) is 3.68. The quantitative estimate of drug-likeness (QED) is 0.582. The molecule has 5 nitrogen and oxygen atoms in total. The molecule has 3 heterocycles. The van der Waals surface area contributed by atoms with E-state index in [1.165, 1.54) is 6.07 Å². The van der Waals surface area contributed by atoms with Crippen molar-refractivity contribution in [1.29, 1.82) is 0 Å². The van der Waals surface area contributed by atoms with Crippen molar-refractivity contribution in [3.63, 3.8) is 0 Å². The number of fused-ring (bicyclic) bond motifs is 1. The number of benzene rings is 1. The molecule has 27 heavy (non-hydrogen) atoms. The van der Waals surface area contributed by atoms with E-state index >= 15 is 0 Å². The zero-order chi connectivity index (χ0) is 19.0. The summed E-state index contributed by atoms with van der Waals surface area (Å²) < 4.78 is 38.1. The zero-order valence-corrected chi connectivity index (χ0v) is 15.7. The lowest BCUT2D eigenvalue weighted by molar-refractivity contribution is -0.0394. The molecule has 0 saturated carbocycles. The van der Waals surface area contributed by atoms with Crippen LogP contribution >= 0.6 is 23.2 Å². The molecule has 0 bridgehead atoms. The minimum atomic E-state index is -2.59. The lowest BCUT2D eigenvalue weighted by Crippen LogP contribution is -2.18. The van der Waals surface area contributed by atoms with Gasteiger partial charge >= 0.3 is 0 Å². The van der Waals surface area contributed by atoms with Crippen molar-refractivity contribution in [3.8, 4) is 16.9 Å². The van der Waals surface area contributed by atoms with Gasteiger partial charge in [0.15, 0.2) is 0 Å². The number of hydrogen-bond donors (Lipinski definition) is 1. The average Bonchev–Trinajstić information content (AvgIpc) is 3.31. The maximum atomic E-state index is 12.6. The van der Waals surface area contributed by atoms with Crippen LogP contribution in [-0.2, 0) is 4.74 Å². The Labute approximate surface area is 164 Å². The summed E-state index contributed by atoms with van der Waals surface area (Å²) in [6.45, 7) is -0.0144. The lowest BCUT2D eigenvalue weighted by Gasteiger charge is -2.22. The van der Waals surface area contributed by atoms with Crippen molar-refractivity contribution in [2.24, 2.45) is 0 Å². The zero-order valence-electron chi connectivity index (χ0n) is 14.2. The molecule has 4 rings (SSSR count). The number of hydrogen-bond acceptors (Lipinski definition) is 3. The molecular weight excluding hydrogens is 399 g/mol. The number of aromatic nitrogens is 3. The Hall–Kier alpha value is -1.83. The number of aromatic amines is 1. The largest absolute Gasteiger partial charge is 0.487 e. The first-order valence-electron chi connectivity index (χ1n) is 8.60. The van der Waals surface area contributed by atoms with E-state index in [4.69, 9.17) is 32.7 Å². The molecule has 0 amide bonds. The Morgan fingerprint density at radius 2 is 2.22 bits per heavy atom. The standard InChI is InChI=1S/C18H17Cl2F2N3O2/c19-12-5-13(27-9-14(21)22)16-11(7-23-18(16)17(12)20)10-6-24-25(8-10)15-3-1-2-4-26-15/h5-8,14-15,23H,1-4,9H2. The van der Waals surface area contributed by atoms with Crippen molar-refractivity contribution in [3.05, 3.63) is 34.7 Å². The Kier molecular flexibility index (Phi) is 5.25. The molecule has 144 valence electrons. The molecule has 1 saturated heterocycles. The molecule has 1 atom stereocenters. The average molecular weight is 416 g/mol. The van der Waals surface area contributed by atoms with Crippen molar-refractivity contribution in [2.45, 2.75) is 31.9 Å². The van der Waals surface area contributed by atoms with Crippen molar-refractivity contribution < 1.29 is 18.3 Å². The fraction of sp³-hybridized carbons (Fsp3) is 0.389. The summed E-state index contributed by atoms with van der Waals surface area (Å²) in [4.78, 5) is 3.06. The van der Waals surface area contributed by atoms with Gasteiger partial charge in [-0.05, 0) is 19.3 Å². The van der Waals surface area contributed by atoms with Crippen LogP contribution in [0.25, 0.3) is 22.0 Å². The van der Waals surface area contributed by atoms with Crippen molar-refractivity contribution in [1.82, 2.24) is 14.8 Å². The van der Waals surface area contributed by atoms with Crippen LogP contribution in [0.2, 0.25) is 10.0 Å². The molecule has 0 spiro atoms. The second-order valence-electron chi connectivity index (χ2n) is 6.36. The third-order valence-electron chi connectivity index (χ3n) is 4.54. The Bertz CT molecular complexity index is 952. The van der Waals surface area contributed by atoms with Gasteiger partial charge in [-0.15, -0.1) is 0 Å². The van der Waals surface area contributed by atoms with Gasteiger partial charge in [0.25, 0.3) is 6.43 Å². The van der Waals surface area contributed by atoms with Crippen LogP contribution in [-0.4, -0.2) is 34.4 Å². The molecule has 1 unspecified atom stereocenters. The molecule has 1 aromatic carbocycles. The summed E-state index contributed by atoms with van der Waals surface area (Å²) in [7, 11) is 0. The highest BCUT2D eigenvalue weighted by Crippen LogP contribution is 2.42. The van der Waals surface area contributed by atoms with Crippen LogP contribution in [0.3, 0.4) is 0 Å². The van der Waals surface area contributed by atoms with Gasteiger partial charge in [-0.3, -0.25) is 0 Å². The van der Waals surface area contributed by atoms with E-state index in [-0.39, 0.29) is 17.0 Å². The molecule has 0 radical (unpaired) electrons. The predicted octanol–water partition coefficient (Wildman–Crippen LogP) is 5.68. The molecular formula is C18H17Cl2F2N3O2. The maximum absolute atomic E-state index is 12.6. The highest BCUT2D eigenvalue weighted by molar-refractivity contribution is 6.45. The molecule has 1 aliphatic heterocycles.